The van der Waals surface area contributed by atoms with Gasteiger partial charge in [-0.3, -0.25) is 0 Å². The van der Waals surface area contributed by atoms with Crippen LogP contribution in [0.15, 0.2) is 36.4 Å². The number of hydrogen-bond acceptors (Lipinski definition) is 1. The maximum atomic E-state index is 6.15. The van der Waals surface area contributed by atoms with Gasteiger partial charge < -0.3 is 4.74 Å². The van der Waals surface area contributed by atoms with E-state index in [1.165, 1.54) is 11.1 Å². The predicted molar refractivity (Wildman–Crippen MR) is 77.0 cm³/mol. The molecule has 94 valence electrons. The fraction of sp³-hybridized carbons (Fsp3) is 0.200. The van der Waals surface area contributed by atoms with Crippen molar-refractivity contribution in [2.45, 2.75) is 19.7 Å². The van der Waals surface area contributed by atoms with Crippen molar-refractivity contribution in [3.63, 3.8) is 0 Å². The lowest BCUT2D eigenvalue weighted by Gasteiger charge is -2.12. The zero-order valence-corrected chi connectivity index (χ0v) is 11.8. The van der Waals surface area contributed by atoms with Crippen LogP contribution in [0.4, 0.5) is 0 Å². The molecule has 0 radical (unpaired) electrons. The number of alkyl halides is 1. The summed E-state index contributed by atoms with van der Waals surface area (Å²) >= 11 is 12.0. The highest BCUT2D eigenvalue weighted by Gasteiger charge is 2.09. The Bertz CT molecular complexity index is 564. The Morgan fingerprint density at radius 2 is 1.83 bits per heavy atom. The van der Waals surface area contributed by atoms with Crippen LogP contribution < -0.4 is 4.74 Å². The molecule has 0 saturated heterocycles. The molecule has 0 heterocycles. The van der Waals surface area contributed by atoms with E-state index in [2.05, 4.69) is 13.8 Å². The quantitative estimate of drug-likeness (QED) is 0.676. The van der Waals surface area contributed by atoms with E-state index in [0.717, 1.165) is 11.3 Å². The lowest BCUT2D eigenvalue weighted by molar-refractivity contribution is 0.478. The normalized spacial score (nSPS) is 10.4. The largest absolute Gasteiger partial charge is 0.455 e. The van der Waals surface area contributed by atoms with Crippen molar-refractivity contribution in [2.24, 2.45) is 0 Å². The summed E-state index contributed by atoms with van der Waals surface area (Å²) in [5.74, 6) is 1.79. The second kappa shape index (κ2) is 5.64. The topological polar surface area (TPSA) is 9.23 Å². The van der Waals surface area contributed by atoms with Crippen LogP contribution in [-0.4, -0.2) is 0 Å². The molecule has 1 nitrogen and oxygen atoms in total. The third-order valence-electron chi connectivity index (χ3n) is 2.89. The highest BCUT2D eigenvalue weighted by molar-refractivity contribution is 6.32. The highest BCUT2D eigenvalue weighted by Crippen LogP contribution is 2.34. The van der Waals surface area contributed by atoms with E-state index in [1.807, 2.05) is 30.3 Å². The number of aryl methyl sites for hydroxylation is 2. The van der Waals surface area contributed by atoms with Gasteiger partial charge in [0.25, 0.3) is 0 Å². The molecule has 0 aliphatic heterocycles. The Morgan fingerprint density at radius 3 is 2.50 bits per heavy atom. The van der Waals surface area contributed by atoms with Crippen LogP contribution in [0.3, 0.4) is 0 Å². The summed E-state index contributed by atoms with van der Waals surface area (Å²) in [6.45, 7) is 4.12. The summed E-state index contributed by atoms with van der Waals surface area (Å²) < 4.78 is 5.85. The molecule has 0 N–H and O–H groups in total. The summed E-state index contributed by atoms with van der Waals surface area (Å²) in [5, 5.41) is 0.575. The lowest BCUT2D eigenvalue weighted by atomic mass is 10.1. The average Bonchev–Trinajstić information content (AvgIpc) is 2.36. The van der Waals surface area contributed by atoms with Crippen LogP contribution in [-0.2, 0) is 5.88 Å². The highest BCUT2D eigenvalue weighted by atomic mass is 35.5. The van der Waals surface area contributed by atoms with E-state index >= 15 is 0 Å². The van der Waals surface area contributed by atoms with Gasteiger partial charge in [0.2, 0.25) is 0 Å². The maximum Gasteiger partial charge on any atom is 0.150 e. The minimum Gasteiger partial charge on any atom is -0.455 e. The molecule has 2 aromatic rings. The molecule has 3 heteroatoms. The van der Waals surface area contributed by atoms with Gasteiger partial charge in [0, 0.05) is 5.56 Å². The number of ether oxygens (including phenoxy) is 1. The third kappa shape index (κ3) is 2.80. The van der Waals surface area contributed by atoms with Gasteiger partial charge in [-0.05, 0) is 43.2 Å². The Hall–Kier alpha value is -1.18. The summed E-state index contributed by atoms with van der Waals surface area (Å²) in [6.07, 6.45) is 0. The van der Waals surface area contributed by atoms with Gasteiger partial charge in [0.1, 0.15) is 11.5 Å². The Kier molecular flexibility index (Phi) is 4.15. The van der Waals surface area contributed by atoms with Gasteiger partial charge in [-0.15, -0.1) is 11.6 Å². The average molecular weight is 281 g/mol. The van der Waals surface area contributed by atoms with E-state index in [1.54, 1.807) is 6.07 Å². The number of halogens is 2. The molecule has 2 aromatic carbocycles. The first-order chi connectivity index (χ1) is 8.61. The fourth-order valence-electron chi connectivity index (χ4n) is 1.67. The van der Waals surface area contributed by atoms with Gasteiger partial charge >= 0.3 is 0 Å². The van der Waals surface area contributed by atoms with E-state index in [0.29, 0.717) is 16.7 Å². The number of rotatable bonds is 3. The molecule has 0 aliphatic carbocycles. The Morgan fingerprint density at radius 1 is 1.06 bits per heavy atom. The fourth-order valence-corrected chi connectivity index (χ4v) is 2.11. The molecule has 18 heavy (non-hydrogen) atoms. The molecular weight excluding hydrogens is 267 g/mol. The second-order valence-electron chi connectivity index (χ2n) is 4.21. The van der Waals surface area contributed by atoms with Crippen molar-refractivity contribution in [1.82, 2.24) is 0 Å². The van der Waals surface area contributed by atoms with Gasteiger partial charge in [-0.25, -0.2) is 0 Å². The molecule has 0 fully saturated rings. The monoisotopic (exact) mass is 280 g/mol. The zero-order chi connectivity index (χ0) is 13.1. The van der Waals surface area contributed by atoms with Crippen LogP contribution >= 0.6 is 23.2 Å². The van der Waals surface area contributed by atoms with Crippen molar-refractivity contribution in [3.8, 4) is 11.5 Å². The molecule has 0 atom stereocenters. The summed E-state index contributed by atoms with van der Waals surface area (Å²) in [6, 6.07) is 11.5. The molecule has 0 bridgehead atoms. The van der Waals surface area contributed by atoms with E-state index in [4.69, 9.17) is 27.9 Å². The Labute approximate surface area is 117 Å². The van der Waals surface area contributed by atoms with Gasteiger partial charge in [-0.2, -0.15) is 0 Å². The molecular formula is C15H14Cl2O. The van der Waals surface area contributed by atoms with Crippen molar-refractivity contribution >= 4 is 23.2 Å². The van der Waals surface area contributed by atoms with Crippen LogP contribution in [0.1, 0.15) is 16.7 Å². The summed E-state index contributed by atoms with van der Waals surface area (Å²) in [7, 11) is 0. The first-order valence-electron chi connectivity index (χ1n) is 5.70. The number of benzene rings is 2. The number of para-hydroxylation sites is 1. The van der Waals surface area contributed by atoms with Gasteiger partial charge in [-0.1, -0.05) is 29.8 Å². The van der Waals surface area contributed by atoms with E-state index in [-0.39, 0.29) is 0 Å². The molecule has 0 aliphatic rings. The standard InChI is InChI=1S/C15H14Cl2O/c1-10-6-7-13(8-11(10)2)18-15-12(9-16)4-3-5-14(15)17/h3-8H,9H2,1-2H3. The minimum absolute atomic E-state index is 0.376. The summed E-state index contributed by atoms with van der Waals surface area (Å²) in [4.78, 5) is 0. The first-order valence-corrected chi connectivity index (χ1v) is 6.61. The van der Waals surface area contributed by atoms with Crippen LogP contribution in [0.5, 0.6) is 11.5 Å². The zero-order valence-electron chi connectivity index (χ0n) is 10.3. The molecule has 2 rings (SSSR count). The smallest absolute Gasteiger partial charge is 0.150 e. The van der Waals surface area contributed by atoms with Crippen molar-refractivity contribution in [2.75, 3.05) is 0 Å². The molecule has 0 aromatic heterocycles. The molecule has 0 saturated carbocycles. The van der Waals surface area contributed by atoms with Gasteiger partial charge in [0.15, 0.2) is 0 Å². The first kappa shape index (κ1) is 13.3. The van der Waals surface area contributed by atoms with E-state index in [9.17, 15) is 0 Å². The Balaban J connectivity index is 2.36. The lowest BCUT2D eigenvalue weighted by Crippen LogP contribution is -1.92. The van der Waals surface area contributed by atoms with Gasteiger partial charge in [0.05, 0.1) is 10.9 Å². The summed E-state index contributed by atoms with van der Waals surface area (Å²) in [5.41, 5.74) is 3.31. The van der Waals surface area contributed by atoms with Crippen molar-refractivity contribution < 1.29 is 4.74 Å². The second-order valence-corrected chi connectivity index (χ2v) is 4.88. The van der Waals surface area contributed by atoms with E-state index < -0.39 is 0 Å². The number of hydrogen-bond donors (Lipinski definition) is 0. The van der Waals surface area contributed by atoms with Crippen molar-refractivity contribution in [1.29, 1.82) is 0 Å². The van der Waals surface area contributed by atoms with Crippen LogP contribution in [0, 0.1) is 13.8 Å². The molecule has 0 amide bonds. The molecule has 0 unspecified atom stereocenters. The maximum absolute atomic E-state index is 6.15. The predicted octanol–water partition coefficient (Wildman–Crippen LogP) is 5.49. The third-order valence-corrected chi connectivity index (χ3v) is 3.48. The molecule has 0 spiro atoms. The van der Waals surface area contributed by atoms with Crippen LogP contribution in [0.25, 0.3) is 0 Å². The SMILES string of the molecule is Cc1ccc(Oc2c(Cl)cccc2CCl)cc1C. The van der Waals surface area contributed by atoms with Crippen LogP contribution in [0.2, 0.25) is 5.02 Å². The minimum atomic E-state index is 0.376. The van der Waals surface area contributed by atoms with Crippen molar-refractivity contribution in [3.05, 3.63) is 58.1 Å².